The van der Waals surface area contributed by atoms with E-state index in [2.05, 4.69) is 20.8 Å². The maximum atomic E-state index is 10.3. The van der Waals surface area contributed by atoms with Crippen LogP contribution >= 0.6 is 0 Å². The average molecular weight is 294 g/mol. The van der Waals surface area contributed by atoms with E-state index in [1.807, 2.05) is 18.2 Å². The molecule has 0 radical (unpaired) electrons. The molecule has 1 aromatic carbocycles. The van der Waals surface area contributed by atoms with Crippen molar-refractivity contribution in [3.63, 3.8) is 0 Å². The van der Waals surface area contributed by atoms with Gasteiger partial charge in [-0.1, -0.05) is 46.1 Å². The fraction of sp³-hybridized carbons (Fsp3) is 0.667. The van der Waals surface area contributed by atoms with Gasteiger partial charge in [-0.3, -0.25) is 0 Å². The fourth-order valence-electron chi connectivity index (χ4n) is 2.14. The van der Waals surface area contributed by atoms with E-state index in [1.54, 1.807) is 0 Å². The van der Waals surface area contributed by atoms with Gasteiger partial charge in [-0.05, 0) is 37.0 Å². The molecule has 0 saturated carbocycles. The molecule has 0 aliphatic heterocycles. The number of aliphatic hydroxyl groups is 1. The van der Waals surface area contributed by atoms with Gasteiger partial charge in [0.2, 0.25) is 0 Å². The number of ether oxygens (including phenoxy) is 2. The van der Waals surface area contributed by atoms with Gasteiger partial charge in [0.1, 0.15) is 0 Å². The molecule has 0 fully saturated rings. The SMILES string of the molecule is CCCCCC(O)c1ccc(OCCC)c(OCCC)c1. The minimum Gasteiger partial charge on any atom is -0.490 e. The Bertz CT molecular complexity index is 390. The van der Waals surface area contributed by atoms with Crippen molar-refractivity contribution in [3.8, 4) is 11.5 Å². The lowest BCUT2D eigenvalue weighted by Crippen LogP contribution is -2.04. The van der Waals surface area contributed by atoms with E-state index < -0.39 is 6.10 Å². The zero-order valence-corrected chi connectivity index (χ0v) is 13.7. The highest BCUT2D eigenvalue weighted by Crippen LogP contribution is 2.32. The highest BCUT2D eigenvalue weighted by atomic mass is 16.5. The van der Waals surface area contributed by atoms with E-state index in [0.29, 0.717) is 13.2 Å². The molecule has 1 rings (SSSR count). The molecule has 0 spiro atoms. The van der Waals surface area contributed by atoms with Crippen LogP contribution in [0.25, 0.3) is 0 Å². The van der Waals surface area contributed by atoms with Gasteiger partial charge in [0.25, 0.3) is 0 Å². The number of rotatable bonds is 11. The normalized spacial score (nSPS) is 12.2. The van der Waals surface area contributed by atoms with Crippen molar-refractivity contribution < 1.29 is 14.6 Å². The Balaban J connectivity index is 2.76. The van der Waals surface area contributed by atoms with Gasteiger partial charge in [0, 0.05) is 0 Å². The zero-order chi connectivity index (χ0) is 15.5. The summed E-state index contributed by atoms with van der Waals surface area (Å²) in [6, 6.07) is 5.79. The van der Waals surface area contributed by atoms with Crippen molar-refractivity contribution >= 4 is 0 Å². The van der Waals surface area contributed by atoms with Gasteiger partial charge in [-0.25, -0.2) is 0 Å². The smallest absolute Gasteiger partial charge is 0.161 e. The predicted molar refractivity (Wildman–Crippen MR) is 87.1 cm³/mol. The van der Waals surface area contributed by atoms with Gasteiger partial charge in [-0.2, -0.15) is 0 Å². The lowest BCUT2D eigenvalue weighted by Gasteiger charge is -2.16. The summed E-state index contributed by atoms with van der Waals surface area (Å²) >= 11 is 0. The molecule has 3 nitrogen and oxygen atoms in total. The molecule has 1 aromatic rings. The summed E-state index contributed by atoms with van der Waals surface area (Å²) in [6.07, 6.45) is 5.69. The van der Waals surface area contributed by atoms with Crippen LogP contribution in [0.2, 0.25) is 0 Å². The van der Waals surface area contributed by atoms with Crippen molar-refractivity contribution in [2.45, 2.75) is 65.4 Å². The molecule has 1 unspecified atom stereocenters. The van der Waals surface area contributed by atoms with Crippen LogP contribution in [0.15, 0.2) is 18.2 Å². The van der Waals surface area contributed by atoms with Gasteiger partial charge < -0.3 is 14.6 Å². The van der Waals surface area contributed by atoms with Crippen molar-refractivity contribution in [1.29, 1.82) is 0 Å². The van der Waals surface area contributed by atoms with Gasteiger partial charge >= 0.3 is 0 Å². The van der Waals surface area contributed by atoms with E-state index >= 15 is 0 Å². The van der Waals surface area contributed by atoms with Gasteiger partial charge in [0.15, 0.2) is 11.5 Å². The van der Waals surface area contributed by atoms with Crippen LogP contribution in [0.3, 0.4) is 0 Å². The summed E-state index contributed by atoms with van der Waals surface area (Å²) in [5.74, 6) is 1.52. The fourth-order valence-corrected chi connectivity index (χ4v) is 2.14. The van der Waals surface area contributed by atoms with Crippen LogP contribution in [0.1, 0.15) is 71.0 Å². The van der Waals surface area contributed by atoms with Crippen LogP contribution < -0.4 is 9.47 Å². The summed E-state index contributed by atoms with van der Waals surface area (Å²) in [5.41, 5.74) is 0.918. The van der Waals surface area contributed by atoms with E-state index in [1.165, 1.54) is 6.42 Å². The van der Waals surface area contributed by atoms with Crippen LogP contribution in [0, 0.1) is 0 Å². The van der Waals surface area contributed by atoms with Crippen molar-refractivity contribution in [1.82, 2.24) is 0 Å². The molecule has 21 heavy (non-hydrogen) atoms. The Morgan fingerprint density at radius 2 is 1.57 bits per heavy atom. The second kappa shape index (κ2) is 10.5. The summed E-state index contributed by atoms with van der Waals surface area (Å²) in [4.78, 5) is 0. The molecule has 3 heteroatoms. The maximum absolute atomic E-state index is 10.3. The average Bonchev–Trinajstić information content (AvgIpc) is 2.51. The Morgan fingerprint density at radius 1 is 0.905 bits per heavy atom. The zero-order valence-electron chi connectivity index (χ0n) is 13.7. The molecule has 1 atom stereocenters. The molecule has 0 bridgehead atoms. The van der Waals surface area contributed by atoms with E-state index in [4.69, 9.17) is 9.47 Å². The topological polar surface area (TPSA) is 38.7 Å². The maximum Gasteiger partial charge on any atom is 0.161 e. The number of benzene rings is 1. The van der Waals surface area contributed by atoms with Gasteiger partial charge in [0.05, 0.1) is 19.3 Å². The predicted octanol–water partition coefficient (Wildman–Crippen LogP) is 4.88. The largest absolute Gasteiger partial charge is 0.490 e. The minimum atomic E-state index is -0.416. The molecule has 0 aliphatic carbocycles. The minimum absolute atomic E-state index is 0.416. The quantitative estimate of drug-likeness (QED) is 0.591. The van der Waals surface area contributed by atoms with Crippen molar-refractivity contribution in [2.24, 2.45) is 0 Å². The molecule has 0 amide bonds. The highest BCUT2D eigenvalue weighted by Gasteiger charge is 2.12. The standard InChI is InChI=1S/C18H30O3/c1-4-7-8-9-16(19)15-10-11-17(20-12-5-2)18(14-15)21-13-6-3/h10-11,14,16,19H,4-9,12-13H2,1-3H3. The molecule has 0 heterocycles. The van der Waals surface area contributed by atoms with Crippen molar-refractivity contribution in [2.75, 3.05) is 13.2 Å². The molecule has 1 N–H and O–H groups in total. The van der Waals surface area contributed by atoms with Crippen LogP contribution in [0.5, 0.6) is 11.5 Å². The third kappa shape index (κ3) is 6.38. The molecule has 0 saturated heterocycles. The second-order valence-corrected chi connectivity index (χ2v) is 5.41. The third-order valence-corrected chi connectivity index (χ3v) is 3.36. The first kappa shape index (κ1) is 17.8. The summed E-state index contributed by atoms with van der Waals surface area (Å²) < 4.78 is 11.5. The van der Waals surface area contributed by atoms with Crippen LogP contribution in [-0.4, -0.2) is 18.3 Å². The lowest BCUT2D eigenvalue weighted by atomic mass is 10.0. The summed E-state index contributed by atoms with van der Waals surface area (Å²) in [6.45, 7) is 7.68. The summed E-state index contributed by atoms with van der Waals surface area (Å²) in [7, 11) is 0. The Labute approximate surface area is 129 Å². The van der Waals surface area contributed by atoms with E-state index in [-0.39, 0.29) is 0 Å². The first-order valence-corrected chi connectivity index (χ1v) is 8.30. The highest BCUT2D eigenvalue weighted by molar-refractivity contribution is 5.43. The van der Waals surface area contributed by atoms with Crippen LogP contribution in [0.4, 0.5) is 0 Å². The van der Waals surface area contributed by atoms with Crippen molar-refractivity contribution in [3.05, 3.63) is 23.8 Å². The Hall–Kier alpha value is -1.22. The van der Waals surface area contributed by atoms with E-state index in [0.717, 1.165) is 49.2 Å². The molecule has 0 aliphatic rings. The lowest BCUT2D eigenvalue weighted by molar-refractivity contribution is 0.162. The summed E-state index contributed by atoms with van der Waals surface area (Å²) in [5, 5.41) is 10.3. The monoisotopic (exact) mass is 294 g/mol. The molecular formula is C18H30O3. The van der Waals surface area contributed by atoms with Gasteiger partial charge in [-0.15, -0.1) is 0 Å². The Kier molecular flexibility index (Phi) is 8.91. The first-order valence-electron chi connectivity index (χ1n) is 8.30. The number of hydrogen-bond donors (Lipinski definition) is 1. The van der Waals surface area contributed by atoms with Crippen LogP contribution in [-0.2, 0) is 0 Å². The molecule has 0 aromatic heterocycles. The van der Waals surface area contributed by atoms with E-state index in [9.17, 15) is 5.11 Å². The number of aliphatic hydroxyl groups excluding tert-OH is 1. The Morgan fingerprint density at radius 3 is 2.19 bits per heavy atom. The number of unbranched alkanes of at least 4 members (excludes halogenated alkanes) is 2. The molecular weight excluding hydrogens is 264 g/mol. The second-order valence-electron chi connectivity index (χ2n) is 5.41. The number of hydrogen-bond acceptors (Lipinski definition) is 3. The molecule has 120 valence electrons. The third-order valence-electron chi connectivity index (χ3n) is 3.36. The first-order chi connectivity index (χ1) is 10.2.